The number of likely N-dealkylation sites (tertiary alicyclic amines) is 1. The van der Waals surface area contributed by atoms with Gasteiger partial charge in [-0.1, -0.05) is 30.3 Å². The molecule has 0 aromatic heterocycles. The third-order valence-electron chi connectivity index (χ3n) is 4.96. The normalized spacial score (nSPS) is 15.6. The SMILES string of the molecule is CC(=O)Nc1ccc(C(=O)CC2CCN(Cc3ccccc3)CC2)cc1. The number of piperidine rings is 1. The van der Waals surface area contributed by atoms with Gasteiger partial charge in [0.2, 0.25) is 5.91 Å². The van der Waals surface area contributed by atoms with Crippen LogP contribution in [0.25, 0.3) is 0 Å². The quantitative estimate of drug-likeness (QED) is 0.797. The first-order valence-electron chi connectivity index (χ1n) is 9.27. The number of anilines is 1. The third kappa shape index (κ3) is 5.27. The fourth-order valence-electron chi connectivity index (χ4n) is 3.51. The minimum atomic E-state index is -0.105. The molecule has 26 heavy (non-hydrogen) atoms. The number of amides is 1. The van der Waals surface area contributed by atoms with Crippen molar-refractivity contribution in [3.8, 4) is 0 Å². The smallest absolute Gasteiger partial charge is 0.221 e. The number of hydrogen-bond acceptors (Lipinski definition) is 3. The standard InChI is InChI=1S/C22H26N2O2/c1-17(25)23-21-9-7-20(8-10-21)22(26)15-18-11-13-24(14-12-18)16-19-5-3-2-4-6-19/h2-10,18H,11-16H2,1H3,(H,23,25). The van der Waals surface area contributed by atoms with Gasteiger partial charge in [-0.3, -0.25) is 14.5 Å². The van der Waals surface area contributed by atoms with E-state index in [-0.39, 0.29) is 11.7 Å². The van der Waals surface area contributed by atoms with Crippen molar-refractivity contribution in [2.24, 2.45) is 5.92 Å². The number of hydrogen-bond donors (Lipinski definition) is 1. The van der Waals surface area contributed by atoms with Crippen LogP contribution in [0, 0.1) is 5.92 Å². The molecule has 1 saturated heterocycles. The summed E-state index contributed by atoms with van der Waals surface area (Å²) in [6.07, 6.45) is 2.75. The molecule has 1 aliphatic heterocycles. The summed E-state index contributed by atoms with van der Waals surface area (Å²) in [6.45, 7) is 4.57. The molecule has 4 nitrogen and oxygen atoms in total. The van der Waals surface area contributed by atoms with Crippen molar-refractivity contribution < 1.29 is 9.59 Å². The van der Waals surface area contributed by atoms with E-state index >= 15 is 0 Å². The predicted octanol–water partition coefficient (Wildman–Crippen LogP) is 4.13. The highest BCUT2D eigenvalue weighted by atomic mass is 16.1. The molecule has 0 unspecified atom stereocenters. The molecule has 1 amide bonds. The van der Waals surface area contributed by atoms with Crippen LogP contribution in [0.5, 0.6) is 0 Å². The topological polar surface area (TPSA) is 49.4 Å². The summed E-state index contributed by atoms with van der Waals surface area (Å²) < 4.78 is 0. The van der Waals surface area contributed by atoms with Crippen molar-refractivity contribution in [3.05, 3.63) is 65.7 Å². The van der Waals surface area contributed by atoms with Gasteiger partial charge in [0.1, 0.15) is 0 Å². The number of nitrogens with zero attached hydrogens (tertiary/aromatic N) is 1. The van der Waals surface area contributed by atoms with Crippen molar-refractivity contribution >= 4 is 17.4 Å². The number of rotatable bonds is 6. The molecule has 1 fully saturated rings. The zero-order valence-electron chi connectivity index (χ0n) is 15.3. The maximum Gasteiger partial charge on any atom is 0.221 e. The summed E-state index contributed by atoms with van der Waals surface area (Å²) in [4.78, 5) is 26.0. The zero-order chi connectivity index (χ0) is 18.4. The average Bonchev–Trinajstić information content (AvgIpc) is 2.64. The molecule has 0 saturated carbocycles. The molecule has 2 aromatic rings. The number of carbonyl (C=O) groups is 2. The van der Waals surface area contributed by atoms with Crippen molar-refractivity contribution in [2.45, 2.75) is 32.7 Å². The highest BCUT2D eigenvalue weighted by Crippen LogP contribution is 2.24. The van der Waals surface area contributed by atoms with Crippen LogP contribution in [-0.2, 0) is 11.3 Å². The van der Waals surface area contributed by atoms with Gasteiger partial charge >= 0.3 is 0 Å². The summed E-state index contributed by atoms with van der Waals surface area (Å²) in [5.41, 5.74) is 2.80. The lowest BCUT2D eigenvalue weighted by molar-refractivity contribution is -0.114. The van der Waals surface area contributed by atoms with E-state index in [2.05, 4.69) is 34.5 Å². The molecule has 2 aromatic carbocycles. The van der Waals surface area contributed by atoms with Crippen molar-refractivity contribution in [1.82, 2.24) is 4.90 Å². The summed E-state index contributed by atoms with van der Waals surface area (Å²) in [6, 6.07) is 17.7. The lowest BCUT2D eigenvalue weighted by Gasteiger charge is -2.31. The third-order valence-corrected chi connectivity index (χ3v) is 4.96. The van der Waals surface area contributed by atoms with E-state index in [9.17, 15) is 9.59 Å². The maximum atomic E-state index is 12.5. The molecule has 4 heteroatoms. The van der Waals surface area contributed by atoms with Gasteiger partial charge in [0.05, 0.1) is 0 Å². The Morgan fingerprint density at radius 2 is 1.65 bits per heavy atom. The van der Waals surface area contributed by atoms with Crippen LogP contribution in [0.1, 0.15) is 42.1 Å². The number of ketones is 1. The van der Waals surface area contributed by atoms with Crippen molar-refractivity contribution in [3.63, 3.8) is 0 Å². The first-order chi connectivity index (χ1) is 12.6. The molecule has 136 valence electrons. The number of Topliss-reactive ketones (excluding diaryl/α,β-unsaturated/α-hetero) is 1. The number of benzene rings is 2. The highest BCUT2D eigenvalue weighted by molar-refractivity contribution is 5.97. The monoisotopic (exact) mass is 350 g/mol. The summed E-state index contributed by atoms with van der Waals surface area (Å²) in [5.74, 6) is 0.553. The van der Waals surface area contributed by atoms with Crippen molar-refractivity contribution in [1.29, 1.82) is 0 Å². The van der Waals surface area contributed by atoms with E-state index in [1.54, 1.807) is 24.3 Å². The van der Waals surface area contributed by atoms with E-state index in [1.165, 1.54) is 12.5 Å². The molecule has 0 radical (unpaired) electrons. The Kier molecular flexibility index (Phi) is 6.18. The maximum absolute atomic E-state index is 12.5. The minimum absolute atomic E-state index is 0.105. The molecular weight excluding hydrogens is 324 g/mol. The van der Waals surface area contributed by atoms with E-state index in [1.807, 2.05) is 6.07 Å². The zero-order valence-corrected chi connectivity index (χ0v) is 15.3. The van der Waals surface area contributed by atoms with E-state index in [0.29, 0.717) is 12.3 Å². The predicted molar refractivity (Wildman–Crippen MR) is 104 cm³/mol. The Hall–Kier alpha value is -2.46. The lowest BCUT2D eigenvalue weighted by atomic mass is 9.89. The average molecular weight is 350 g/mol. The lowest BCUT2D eigenvalue weighted by Crippen LogP contribution is -2.33. The van der Waals surface area contributed by atoms with Crippen LogP contribution in [0.15, 0.2) is 54.6 Å². The van der Waals surface area contributed by atoms with Gasteiger partial charge in [-0.15, -0.1) is 0 Å². The molecule has 0 spiro atoms. The van der Waals surface area contributed by atoms with Gasteiger partial charge in [0.15, 0.2) is 5.78 Å². The van der Waals surface area contributed by atoms with E-state index in [0.717, 1.165) is 43.7 Å². The van der Waals surface area contributed by atoms with E-state index < -0.39 is 0 Å². The van der Waals surface area contributed by atoms with Crippen LogP contribution in [0.3, 0.4) is 0 Å². The first-order valence-corrected chi connectivity index (χ1v) is 9.27. The van der Waals surface area contributed by atoms with Crippen molar-refractivity contribution in [2.75, 3.05) is 18.4 Å². The largest absolute Gasteiger partial charge is 0.326 e. The molecule has 0 bridgehead atoms. The summed E-state index contributed by atoms with van der Waals surface area (Å²) in [5, 5.41) is 2.72. The molecule has 1 heterocycles. The van der Waals surface area contributed by atoms with Gasteiger partial charge in [-0.2, -0.15) is 0 Å². The van der Waals surface area contributed by atoms with Crippen LogP contribution in [0.4, 0.5) is 5.69 Å². The second kappa shape index (κ2) is 8.77. The summed E-state index contributed by atoms with van der Waals surface area (Å²) >= 11 is 0. The Morgan fingerprint density at radius 3 is 2.27 bits per heavy atom. The second-order valence-corrected chi connectivity index (χ2v) is 7.09. The molecule has 1 N–H and O–H groups in total. The highest BCUT2D eigenvalue weighted by Gasteiger charge is 2.22. The van der Waals surface area contributed by atoms with Crippen LogP contribution >= 0.6 is 0 Å². The molecule has 3 rings (SSSR count). The van der Waals surface area contributed by atoms with Crippen LogP contribution in [0.2, 0.25) is 0 Å². The Balaban J connectivity index is 1.46. The number of nitrogens with one attached hydrogen (secondary N) is 1. The van der Waals surface area contributed by atoms with Crippen LogP contribution in [-0.4, -0.2) is 29.7 Å². The fraction of sp³-hybridized carbons (Fsp3) is 0.364. The summed E-state index contributed by atoms with van der Waals surface area (Å²) in [7, 11) is 0. The minimum Gasteiger partial charge on any atom is -0.326 e. The Bertz CT molecular complexity index is 732. The molecule has 1 aliphatic rings. The first kappa shape index (κ1) is 18.3. The molecule has 0 aliphatic carbocycles. The molecule has 0 atom stereocenters. The Labute approximate surface area is 155 Å². The van der Waals surface area contributed by atoms with Crippen LogP contribution < -0.4 is 5.32 Å². The van der Waals surface area contributed by atoms with Gasteiger partial charge < -0.3 is 5.32 Å². The number of carbonyl (C=O) groups excluding carboxylic acids is 2. The fourth-order valence-corrected chi connectivity index (χ4v) is 3.51. The van der Waals surface area contributed by atoms with Gasteiger partial charge in [-0.25, -0.2) is 0 Å². The van der Waals surface area contributed by atoms with Gasteiger partial charge in [0.25, 0.3) is 0 Å². The van der Waals surface area contributed by atoms with Gasteiger partial charge in [-0.05, 0) is 61.7 Å². The van der Waals surface area contributed by atoms with Gasteiger partial charge in [0, 0.05) is 31.1 Å². The second-order valence-electron chi connectivity index (χ2n) is 7.09. The Morgan fingerprint density at radius 1 is 1.00 bits per heavy atom. The van der Waals surface area contributed by atoms with E-state index in [4.69, 9.17) is 0 Å². The molecular formula is C22H26N2O2.